The Morgan fingerprint density at radius 2 is 1.17 bits per heavy atom. The number of hydrogen-bond acceptors (Lipinski definition) is 4. The number of amides is 2. The van der Waals surface area contributed by atoms with Crippen LogP contribution >= 0.6 is 11.6 Å². The molecule has 3 aromatic carbocycles. The van der Waals surface area contributed by atoms with Gasteiger partial charge in [-0.05, 0) is 42.5 Å². The molecule has 0 radical (unpaired) electrons. The maximum atomic E-state index is 12.2. The molecular weight excluding hydrogens is 392 g/mol. The fourth-order valence-corrected chi connectivity index (χ4v) is 2.60. The number of benzene rings is 3. The monoisotopic (exact) mass is 410 g/mol. The molecule has 29 heavy (non-hydrogen) atoms. The number of carbonyl (C=O) groups excluding carboxylic acids is 2. The van der Waals surface area contributed by atoms with Gasteiger partial charge in [-0.25, -0.2) is 0 Å². The van der Waals surface area contributed by atoms with Crippen molar-refractivity contribution < 1.29 is 19.1 Å². The van der Waals surface area contributed by atoms with E-state index in [9.17, 15) is 9.59 Å². The predicted molar refractivity (Wildman–Crippen MR) is 113 cm³/mol. The van der Waals surface area contributed by atoms with Crippen LogP contribution in [0.3, 0.4) is 0 Å². The molecule has 0 spiro atoms. The van der Waals surface area contributed by atoms with Crippen molar-refractivity contribution in [1.82, 2.24) is 0 Å². The average Bonchev–Trinajstić information content (AvgIpc) is 2.74. The van der Waals surface area contributed by atoms with Gasteiger partial charge in [-0.1, -0.05) is 48.0 Å². The van der Waals surface area contributed by atoms with E-state index in [1.807, 2.05) is 36.4 Å². The minimum atomic E-state index is -0.382. The predicted octanol–water partition coefficient (Wildman–Crippen LogP) is 4.38. The van der Waals surface area contributed by atoms with Crippen molar-refractivity contribution in [3.63, 3.8) is 0 Å². The van der Waals surface area contributed by atoms with Gasteiger partial charge in [0.15, 0.2) is 13.2 Å². The summed E-state index contributed by atoms with van der Waals surface area (Å²) in [7, 11) is 0. The van der Waals surface area contributed by atoms with E-state index in [1.165, 1.54) is 0 Å². The second-order valence-electron chi connectivity index (χ2n) is 5.99. The molecule has 2 N–H and O–H groups in total. The molecule has 0 aliphatic rings. The summed E-state index contributed by atoms with van der Waals surface area (Å²) in [6.07, 6.45) is 0. The number of carbonyl (C=O) groups is 2. The molecule has 0 saturated carbocycles. The van der Waals surface area contributed by atoms with E-state index in [2.05, 4.69) is 10.6 Å². The molecule has 6 nitrogen and oxygen atoms in total. The molecule has 7 heteroatoms. The third kappa shape index (κ3) is 6.55. The van der Waals surface area contributed by atoms with Gasteiger partial charge in [-0.15, -0.1) is 0 Å². The third-order valence-corrected chi connectivity index (χ3v) is 3.99. The van der Waals surface area contributed by atoms with E-state index in [-0.39, 0.29) is 25.0 Å². The van der Waals surface area contributed by atoms with Crippen LogP contribution < -0.4 is 20.1 Å². The van der Waals surface area contributed by atoms with Crippen molar-refractivity contribution in [2.45, 2.75) is 0 Å². The van der Waals surface area contributed by atoms with Crippen LogP contribution in [0.15, 0.2) is 78.9 Å². The molecule has 2 amide bonds. The second kappa shape index (κ2) is 10.1. The van der Waals surface area contributed by atoms with Crippen molar-refractivity contribution in [2.75, 3.05) is 23.8 Å². The normalized spacial score (nSPS) is 10.1. The van der Waals surface area contributed by atoms with Gasteiger partial charge in [0, 0.05) is 5.02 Å². The largest absolute Gasteiger partial charge is 0.484 e. The Hall–Kier alpha value is -3.51. The van der Waals surface area contributed by atoms with E-state index in [4.69, 9.17) is 21.1 Å². The highest BCUT2D eigenvalue weighted by Crippen LogP contribution is 2.26. The number of rotatable bonds is 8. The van der Waals surface area contributed by atoms with E-state index in [1.54, 1.807) is 42.5 Å². The SMILES string of the molecule is O=C(COc1ccccc1)Nc1ccc(Cl)cc1NC(=O)COc1ccccc1. The van der Waals surface area contributed by atoms with Crippen molar-refractivity contribution in [3.05, 3.63) is 83.9 Å². The van der Waals surface area contributed by atoms with Gasteiger partial charge in [0.05, 0.1) is 11.4 Å². The van der Waals surface area contributed by atoms with Gasteiger partial charge in [-0.2, -0.15) is 0 Å². The first-order chi connectivity index (χ1) is 14.1. The lowest BCUT2D eigenvalue weighted by molar-refractivity contribution is -0.119. The Labute approximate surface area is 173 Å². The summed E-state index contributed by atoms with van der Waals surface area (Å²) in [4.78, 5) is 24.4. The van der Waals surface area contributed by atoms with E-state index in [0.717, 1.165) is 0 Å². The molecule has 0 aromatic heterocycles. The number of para-hydroxylation sites is 2. The van der Waals surface area contributed by atoms with Crippen molar-refractivity contribution in [2.24, 2.45) is 0 Å². The summed E-state index contributed by atoms with van der Waals surface area (Å²) in [5.74, 6) is 0.421. The summed E-state index contributed by atoms with van der Waals surface area (Å²) >= 11 is 6.03. The van der Waals surface area contributed by atoms with Crippen LogP contribution in [0.4, 0.5) is 11.4 Å². The Bertz CT molecular complexity index is 965. The quantitative estimate of drug-likeness (QED) is 0.578. The summed E-state index contributed by atoms with van der Waals surface area (Å²) < 4.78 is 10.9. The molecule has 0 bridgehead atoms. The molecule has 0 heterocycles. The minimum Gasteiger partial charge on any atom is -0.484 e. The Balaban J connectivity index is 1.58. The highest BCUT2D eigenvalue weighted by atomic mass is 35.5. The van der Waals surface area contributed by atoms with Crippen LogP contribution in [0.2, 0.25) is 5.02 Å². The number of nitrogens with one attached hydrogen (secondary N) is 2. The van der Waals surface area contributed by atoms with Gasteiger partial charge in [0.2, 0.25) is 0 Å². The van der Waals surface area contributed by atoms with E-state index < -0.39 is 0 Å². The first-order valence-electron chi connectivity index (χ1n) is 8.85. The number of halogens is 1. The molecule has 3 rings (SSSR count). The van der Waals surface area contributed by atoms with Crippen LogP contribution in [-0.2, 0) is 9.59 Å². The Morgan fingerprint density at radius 3 is 1.69 bits per heavy atom. The van der Waals surface area contributed by atoms with Gasteiger partial charge >= 0.3 is 0 Å². The molecule has 148 valence electrons. The lowest BCUT2D eigenvalue weighted by Gasteiger charge is -2.14. The highest BCUT2D eigenvalue weighted by Gasteiger charge is 2.12. The first kappa shape index (κ1) is 20.2. The van der Waals surface area contributed by atoms with Crippen molar-refractivity contribution in [1.29, 1.82) is 0 Å². The maximum Gasteiger partial charge on any atom is 0.262 e. The van der Waals surface area contributed by atoms with Crippen LogP contribution in [0.1, 0.15) is 0 Å². The molecule has 3 aromatic rings. The smallest absolute Gasteiger partial charge is 0.262 e. The van der Waals surface area contributed by atoms with Crippen molar-refractivity contribution >= 4 is 34.8 Å². The summed E-state index contributed by atoms with van der Waals surface area (Å²) in [5, 5.41) is 5.83. The summed E-state index contributed by atoms with van der Waals surface area (Å²) in [6.45, 7) is -0.349. The average molecular weight is 411 g/mol. The lowest BCUT2D eigenvalue weighted by atomic mass is 10.2. The maximum absolute atomic E-state index is 12.2. The minimum absolute atomic E-state index is 0.169. The van der Waals surface area contributed by atoms with E-state index >= 15 is 0 Å². The molecule has 0 unspecified atom stereocenters. The zero-order valence-electron chi connectivity index (χ0n) is 15.4. The fraction of sp³-hybridized carbons (Fsp3) is 0.0909. The number of ether oxygens (including phenoxy) is 2. The standard InChI is InChI=1S/C22H19ClN2O4/c23-16-11-12-19(24-21(26)14-28-17-7-3-1-4-8-17)20(13-16)25-22(27)15-29-18-9-5-2-6-10-18/h1-13H,14-15H2,(H,24,26)(H,25,27). The molecule has 0 saturated heterocycles. The summed E-state index contributed by atoms with van der Waals surface area (Å²) in [5.41, 5.74) is 0.774. The number of hydrogen-bond donors (Lipinski definition) is 2. The highest BCUT2D eigenvalue weighted by molar-refractivity contribution is 6.31. The van der Waals surface area contributed by atoms with Crippen LogP contribution in [0.5, 0.6) is 11.5 Å². The molecule has 0 aliphatic heterocycles. The van der Waals surface area contributed by atoms with Gasteiger partial charge < -0.3 is 20.1 Å². The van der Waals surface area contributed by atoms with Gasteiger partial charge in [0.1, 0.15) is 11.5 Å². The summed E-state index contributed by atoms with van der Waals surface area (Å²) in [6, 6.07) is 22.8. The Kier molecular flexibility index (Phi) is 7.08. The van der Waals surface area contributed by atoms with E-state index in [0.29, 0.717) is 27.9 Å². The van der Waals surface area contributed by atoms with Crippen molar-refractivity contribution in [3.8, 4) is 11.5 Å². The van der Waals surface area contributed by atoms with Crippen LogP contribution in [-0.4, -0.2) is 25.0 Å². The zero-order chi connectivity index (χ0) is 20.5. The second-order valence-corrected chi connectivity index (χ2v) is 6.43. The molecule has 0 aliphatic carbocycles. The number of anilines is 2. The first-order valence-corrected chi connectivity index (χ1v) is 9.23. The Morgan fingerprint density at radius 1 is 0.690 bits per heavy atom. The molecular formula is C22H19ClN2O4. The fourth-order valence-electron chi connectivity index (χ4n) is 2.43. The molecule has 0 fully saturated rings. The topological polar surface area (TPSA) is 76.7 Å². The molecule has 0 atom stereocenters. The zero-order valence-corrected chi connectivity index (χ0v) is 16.2. The van der Waals surface area contributed by atoms with Gasteiger partial charge in [0.25, 0.3) is 11.8 Å². The van der Waals surface area contributed by atoms with Gasteiger partial charge in [-0.3, -0.25) is 9.59 Å². The van der Waals surface area contributed by atoms with Crippen LogP contribution in [0, 0.1) is 0 Å². The lowest BCUT2D eigenvalue weighted by Crippen LogP contribution is -2.23. The van der Waals surface area contributed by atoms with Crippen LogP contribution in [0.25, 0.3) is 0 Å². The third-order valence-electron chi connectivity index (χ3n) is 3.76.